The van der Waals surface area contributed by atoms with Crippen LogP contribution in [0.2, 0.25) is 51.4 Å². The van der Waals surface area contributed by atoms with Gasteiger partial charge in [-0.25, -0.2) is 9.98 Å². The number of nitrogens with zero attached hydrogens (tertiary/aromatic N) is 6. The lowest BCUT2D eigenvalue weighted by atomic mass is 9.78. The van der Waals surface area contributed by atoms with Crippen LogP contribution < -0.4 is 4.90 Å². The zero-order valence-electron chi connectivity index (χ0n) is 30.5. The first-order valence-electron chi connectivity index (χ1n) is 18.6. The molecule has 0 aromatic carbocycles. The van der Waals surface area contributed by atoms with Crippen molar-refractivity contribution in [2.45, 2.75) is 115 Å². The Morgan fingerprint density at radius 2 is 1.53 bits per heavy atom. The second-order valence-electron chi connectivity index (χ2n) is 17.5. The first kappa shape index (κ1) is 34.7. The molecule has 3 aliphatic carbocycles. The lowest BCUT2D eigenvalue weighted by Gasteiger charge is -2.33. The molecule has 1 aliphatic heterocycles. The molecule has 4 aliphatic rings. The maximum absolute atomic E-state index is 13.7. The lowest BCUT2D eigenvalue weighted by Crippen LogP contribution is -2.34. The van der Waals surface area contributed by atoms with Gasteiger partial charge >= 0.3 is 0 Å². The van der Waals surface area contributed by atoms with Crippen molar-refractivity contribution in [2.24, 2.45) is 16.8 Å². The van der Waals surface area contributed by atoms with Crippen molar-refractivity contribution in [3.8, 4) is 11.1 Å². The molecular formula is C38H55FN6O2Si2. The van der Waals surface area contributed by atoms with Crippen LogP contribution in [0.5, 0.6) is 0 Å². The summed E-state index contributed by atoms with van der Waals surface area (Å²) in [5.41, 5.74) is 6.78. The highest BCUT2D eigenvalue weighted by Gasteiger charge is 2.41. The fourth-order valence-electron chi connectivity index (χ4n) is 7.87. The molecule has 3 atom stereocenters. The van der Waals surface area contributed by atoms with E-state index < -0.39 is 22.1 Å². The normalized spacial score (nSPS) is 22.6. The largest absolute Gasteiger partial charge is 0.361 e. The van der Waals surface area contributed by atoms with Gasteiger partial charge in [0.2, 0.25) is 5.95 Å². The fourth-order valence-corrected chi connectivity index (χ4v) is 9.39. The number of pyridine rings is 1. The van der Waals surface area contributed by atoms with Crippen LogP contribution in [0.4, 0.5) is 10.2 Å². The minimum absolute atomic E-state index is 0.436. The molecule has 0 saturated heterocycles. The van der Waals surface area contributed by atoms with E-state index >= 15 is 0 Å². The molecule has 264 valence electrons. The van der Waals surface area contributed by atoms with E-state index in [1.807, 2.05) is 24.5 Å². The number of halogens is 1. The molecule has 3 aromatic rings. The average molecular weight is 703 g/mol. The summed E-state index contributed by atoms with van der Waals surface area (Å²) in [5, 5.41) is 5.07. The van der Waals surface area contributed by atoms with Gasteiger partial charge in [-0.3, -0.25) is 4.98 Å². The maximum atomic E-state index is 13.7. The number of anilines is 1. The van der Waals surface area contributed by atoms with Crippen LogP contribution in [-0.4, -0.2) is 68.1 Å². The fraction of sp³-hybridized carbons (Fsp3) is 0.632. The third-order valence-corrected chi connectivity index (χ3v) is 14.2. The molecular weight excluding hydrogens is 648 g/mol. The molecule has 0 amide bonds. The predicted molar refractivity (Wildman–Crippen MR) is 202 cm³/mol. The van der Waals surface area contributed by atoms with Crippen molar-refractivity contribution in [1.29, 1.82) is 0 Å². The third kappa shape index (κ3) is 8.26. The van der Waals surface area contributed by atoms with E-state index in [9.17, 15) is 4.39 Å². The second kappa shape index (κ2) is 14.1. The van der Waals surface area contributed by atoms with E-state index in [-0.39, 0.29) is 0 Å². The summed E-state index contributed by atoms with van der Waals surface area (Å²) in [7, 11) is -2.49. The highest BCUT2D eigenvalue weighted by Crippen LogP contribution is 2.53. The standard InChI is InChI=1S/C38H55FN6O2Si2/c1-48(2,3)17-15-46-24-44(25-47-16-18-49(4,5)6)38-35(28-9-10-28)36(30-20-26-7-8-27(19-26)21-30)43-37-31(23-41-45(37)38)29-11-12-32(40-22-29)33-13-14-34(39)42-33/h11-12,14,22-23,26-28,30H,7-10,13,15-21,24-25H2,1-6H3/t26-,27+,30+. The first-order valence-corrected chi connectivity index (χ1v) is 26.1. The summed E-state index contributed by atoms with van der Waals surface area (Å²) < 4.78 is 28.7. The predicted octanol–water partition coefficient (Wildman–Crippen LogP) is 9.40. The van der Waals surface area contributed by atoms with Crippen LogP contribution in [-0.2, 0) is 9.47 Å². The summed E-state index contributed by atoms with van der Waals surface area (Å²) in [4.78, 5) is 16.7. The summed E-state index contributed by atoms with van der Waals surface area (Å²) in [6.07, 6.45) is 14.7. The summed E-state index contributed by atoms with van der Waals surface area (Å²) in [6.45, 7) is 16.8. The van der Waals surface area contributed by atoms with E-state index in [0.717, 1.165) is 59.7 Å². The quantitative estimate of drug-likeness (QED) is 0.0680. The van der Waals surface area contributed by atoms with E-state index in [2.05, 4.69) is 53.7 Å². The smallest absolute Gasteiger partial charge is 0.209 e. The molecule has 2 bridgehead atoms. The second-order valence-corrected chi connectivity index (χ2v) is 28.7. The molecule has 49 heavy (non-hydrogen) atoms. The average Bonchev–Trinajstić information content (AvgIpc) is 3.50. The Labute approximate surface area is 293 Å². The summed E-state index contributed by atoms with van der Waals surface area (Å²) in [6, 6.07) is 6.23. The number of fused-ring (bicyclic) bond motifs is 3. The maximum Gasteiger partial charge on any atom is 0.209 e. The highest BCUT2D eigenvalue weighted by atomic mass is 28.3. The zero-order chi connectivity index (χ0) is 34.3. The van der Waals surface area contributed by atoms with E-state index in [1.165, 1.54) is 62.3 Å². The van der Waals surface area contributed by atoms with Gasteiger partial charge in [0.1, 0.15) is 19.3 Å². The Hall–Kier alpha value is -2.74. The molecule has 0 unspecified atom stereocenters. The summed E-state index contributed by atoms with van der Waals surface area (Å²) in [5.74, 6) is 3.22. The van der Waals surface area contributed by atoms with Gasteiger partial charge in [-0.15, -0.1) is 0 Å². The topological polar surface area (TPSA) is 77.1 Å². The van der Waals surface area contributed by atoms with Crippen molar-refractivity contribution in [3.63, 3.8) is 0 Å². The lowest BCUT2D eigenvalue weighted by molar-refractivity contribution is 0.0940. The Morgan fingerprint density at radius 3 is 2.08 bits per heavy atom. The van der Waals surface area contributed by atoms with E-state index in [4.69, 9.17) is 24.5 Å². The Bertz CT molecular complexity index is 1670. The highest BCUT2D eigenvalue weighted by molar-refractivity contribution is 6.76. The molecule has 3 saturated carbocycles. The van der Waals surface area contributed by atoms with E-state index in [1.54, 1.807) is 0 Å². The van der Waals surface area contributed by atoms with E-state index in [0.29, 0.717) is 43.1 Å². The number of hydrogen-bond donors (Lipinski definition) is 0. The van der Waals surface area contributed by atoms with Gasteiger partial charge < -0.3 is 14.4 Å². The van der Waals surface area contributed by atoms with Crippen LogP contribution in [0.3, 0.4) is 0 Å². The van der Waals surface area contributed by atoms with Crippen molar-refractivity contribution in [3.05, 3.63) is 53.5 Å². The number of allylic oxidation sites excluding steroid dienone is 1. The van der Waals surface area contributed by atoms with Crippen LogP contribution in [0.15, 0.2) is 41.5 Å². The Balaban J connectivity index is 1.30. The first-order chi connectivity index (χ1) is 23.4. The molecule has 3 fully saturated rings. The Kier molecular flexibility index (Phi) is 10.00. The van der Waals surface area contributed by atoms with Crippen LogP contribution >= 0.6 is 0 Å². The molecule has 0 N–H and O–H groups in total. The number of aromatic nitrogens is 4. The minimum Gasteiger partial charge on any atom is -0.361 e. The van der Waals surface area contributed by atoms with Crippen LogP contribution in [0.25, 0.3) is 16.8 Å². The molecule has 0 radical (unpaired) electrons. The zero-order valence-corrected chi connectivity index (χ0v) is 32.5. The van der Waals surface area contributed by atoms with Gasteiger partial charge in [-0.2, -0.15) is 14.0 Å². The SMILES string of the molecule is C[Si](C)(C)CCOCN(COCC[Si](C)(C)C)c1c(C2CC2)c([C@H]2C[C@@H]3CC[C@@H](C3)C2)nc2c(-c3ccc(C4=NC(F)=CC4)nc3)cnn12. The van der Waals surface area contributed by atoms with Crippen LogP contribution in [0.1, 0.15) is 80.2 Å². The van der Waals surface area contributed by atoms with Gasteiger partial charge in [0, 0.05) is 64.6 Å². The van der Waals surface area contributed by atoms with Crippen molar-refractivity contribution in [2.75, 3.05) is 31.6 Å². The number of ether oxygens (including phenoxy) is 2. The molecule has 4 heterocycles. The van der Waals surface area contributed by atoms with Crippen molar-refractivity contribution < 1.29 is 13.9 Å². The minimum atomic E-state index is -1.24. The third-order valence-electron chi connectivity index (χ3n) is 10.8. The summed E-state index contributed by atoms with van der Waals surface area (Å²) >= 11 is 0. The van der Waals surface area contributed by atoms with Gasteiger partial charge in [0.25, 0.3) is 0 Å². The monoisotopic (exact) mass is 702 g/mol. The Morgan fingerprint density at radius 1 is 0.857 bits per heavy atom. The van der Waals surface area contributed by atoms with Crippen molar-refractivity contribution in [1.82, 2.24) is 19.6 Å². The number of aliphatic imine (C=N–C) groups is 1. The van der Waals surface area contributed by atoms with Crippen LogP contribution in [0, 0.1) is 11.8 Å². The number of hydrogen-bond acceptors (Lipinski definition) is 7. The van der Waals surface area contributed by atoms with Gasteiger partial charge in [-0.05, 0) is 74.1 Å². The van der Waals surface area contributed by atoms with Gasteiger partial charge in [-0.1, -0.05) is 58.2 Å². The molecule has 8 nitrogen and oxygen atoms in total. The van der Waals surface area contributed by atoms with Crippen molar-refractivity contribution >= 4 is 33.3 Å². The molecule has 7 rings (SSSR count). The van der Waals surface area contributed by atoms with Gasteiger partial charge in [0.15, 0.2) is 5.65 Å². The number of rotatable bonds is 15. The molecule has 11 heteroatoms. The molecule has 3 aromatic heterocycles. The molecule has 0 spiro atoms. The van der Waals surface area contributed by atoms with Gasteiger partial charge in [0.05, 0.1) is 23.3 Å².